The summed E-state index contributed by atoms with van der Waals surface area (Å²) in [5, 5.41) is 8.70. The number of piperidine rings is 1. The van der Waals surface area contributed by atoms with E-state index in [1.54, 1.807) is 19.2 Å². The van der Waals surface area contributed by atoms with Crippen molar-refractivity contribution in [2.45, 2.75) is 25.4 Å². The maximum atomic E-state index is 12.6. The third-order valence-electron chi connectivity index (χ3n) is 6.50. The molecule has 0 saturated carbocycles. The quantitative estimate of drug-likeness (QED) is 0.444. The first-order valence-electron chi connectivity index (χ1n) is 11.7. The number of likely N-dealkylation sites (tertiary alicyclic amines) is 1. The molecule has 1 unspecified atom stereocenters. The average Bonchev–Trinajstić information content (AvgIpc) is 3.28. The van der Waals surface area contributed by atoms with Crippen molar-refractivity contribution in [1.29, 1.82) is 0 Å². The van der Waals surface area contributed by atoms with Crippen LogP contribution in [0.3, 0.4) is 0 Å². The summed E-state index contributed by atoms with van der Waals surface area (Å²) < 4.78 is 7.30. The summed E-state index contributed by atoms with van der Waals surface area (Å²) in [5.41, 5.74) is 10.2. The monoisotopic (exact) mass is 471 g/mol. The van der Waals surface area contributed by atoms with Crippen molar-refractivity contribution in [3.05, 3.63) is 66.0 Å². The molecule has 3 heterocycles. The first-order valence-corrected chi connectivity index (χ1v) is 11.7. The molecule has 0 spiro atoms. The van der Waals surface area contributed by atoms with Crippen LogP contribution in [0.4, 0.5) is 5.82 Å². The highest BCUT2D eigenvalue weighted by Crippen LogP contribution is 2.33. The number of likely N-dealkylation sites (N-methyl/N-ethyl adjacent to an activating group) is 1. The Morgan fingerprint density at radius 3 is 2.74 bits per heavy atom. The number of benzene rings is 2. The van der Waals surface area contributed by atoms with Crippen molar-refractivity contribution >= 4 is 22.8 Å². The molecule has 1 saturated heterocycles. The Kier molecular flexibility index (Phi) is 6.33. The molecule has 1 amide bonds. The number of hydrogen-bond donors (Lipinski definition) is 2. The number of amides is 1. The zero-order valence-electron chi connectivity index (χ0n) is 19.9. The molecular formula is C26H29N7O2. The van der Waals surface area contributed by atoms with Gasteiger partial charge in [-0.1, -0.05) is 36.4 Å². The molecule has 3 N–H and O–H groups in total. The first kappa shape index (κ1) is 22.8. The van der Waals surface area contributed by atoms with Crippen LogP contribution in [0, 0.1) is 0 Å². The minimum Gasteiger partial charge on any atom is -0.496 e. The van der Waals surface area contributed by atoms with Crippen molar-refractivity contribution in [3.8, 4) is 17.0 Å². The predicted octanol–water partition coefficient (Wildman–Crippen LogP) is 3.28. The molecule has 1 atom stereocenters. The Balaban J connectivity index is 1.39. The first-order chi connectivity index (χ1) is 17.0. The minimum atomic E-state index is -0.182. The molecule has 0 bridgehead atoms. The summed E-state index contributed by atoms with van der Waals surface area (Å²) in [6.07, 6.45) is 3.67. The van der Waals surface area contributed by atoms with E-state index < -0.39 is 0 Å². The Labute approximate surface area is 203 Å². The van der Waals surface area contributed by atoms with Crippen LogP contribution >= 0.6 is 0 Å². The Hall–Kier alpha value is -3.98. The highest BCUT2D eigenvalue weighted by molar-refractivity contribution is 5.98. The zero-order chi connectivity index (χ0) is 24.4. The van der Waals surface area contributed by atoms with Gasteiger partial charge < -0.3 is 20.7 Å². The number of fused-ring (bicyclic) bond motifs is 1. The lowest BCUT2D eigenvalue weighted by Gasteiger charge is -2.29. The maximum Gasteiger partial charge on any atom is 0.255 e. The lowest BCUT2D eigenvalue weighted by atomic mass is 10.1. The van der Waals surface area contributed by atoms with E-state index in [4.69, 9.17) is 15.6 Å². The number of ether oxygens (including phenoxy) is 1. The van der Waals surface area contributed by atoms with E-state index in [9.17, 15) is 4.79 Å². The molecule has 4 aromatic rings. The molecule has 180 valence electrons. The van der Waals surface area contributed by atoms with Crippen LogP contribution < -0.4 is 15.8 Å². The fourth-order valence-corrected chi connectivity index (χ4v) is 4.68. The minimum absolute atomic E-state index is 0.182. The Bertz CT molecular complexity index is 1350. The van der Waals surface area contributed by atoms with Crippen LogP contribution in [0.2, 0.25) is 0 Å². The van der Waals surface area contributed by atoms with E-state index in [1.165, 1.54) is 6.33 Å². The molecule has 5 rings (SSSR count). The number of nitrogen functional groups attached to an aromatic ring is 1. The average molecular weight is 472 g/mol. The predicted molar refractivity (Wildman–Crippen MR) is 135 cm³/mol. The molecule has 0 radical (unpaired) electrons. The highest BCUT2D eigenvalue weighted by atomic mass is 16.5. The number of nitrogens with two attached hydrogens (primary N) is 1. The number of methoxy groups -OCH3 is 1. The molecule has 9 heteroatoms. The third kappa shape index (κ3) is 4.54. The number of carbonyl (C=O) groups is 1. The number of carbonyl (C=O) groups excluding carboxylic acids is 1. The van der Waals surface area contributed by atoms with Gasteiger partial charge in [0, 0.05) is 18.7 Å². The summed E-state index contributed by atoms with van der Waals surface area (Å²) >= 11 is 0. The van der Waals surface area contributed by atoms with Crippen molar-refractivity contribution < 1.29 is 9.53 Å². The summed E-state index contributed by atoms with van der Waals surface area (Å²) in [6, 6.07) is 15.4. The van der Waals surface area contributed by atoms with Crippen LogP contribution in [-0.4, -0.2) is 57.8 Å². The second-order valence-electron chi connectivity index (χ2n) is 8.89. The maximum absolute atomic E-state index is 12.6. The van der Waals surface area contributed by atoms with Crippen LogP contribution in [0.25, 0.3) is 22.3 Å². The Morgan fingerprint density at radius 1 is 1.17 bits per heavy atom. The van der Waals surface area contributed by atoms with Gasteiger partial charge in [-0.05, 0) is 44.1 Å². The highest BCUT2D eigenvalue weighted by Gasteiger charge is 2.25. The SMILES string of the molecule is COc1ccccc1C(=O)NCc1ccc(-c2nn(C3CCCN(C)C3)c3ncnc(N)c23)cc1. The van der Waals surface area contributed by atoms with Crippen LogP contribution in [0.1, 0.15) is 34.8 Å². The summed E-state index contributed by atoms with van der Waals surface area (Å²) in [7, 11) is 3.69. The van der Waals surface area contributed by atoms with E-state index in [0.29, 0.717) is 23.7 Å². The van der Waals surface area contributed by atoms with Gasteiger partial charge in [0.05, 0.1) is 24.1 Å². The van der Waals surface area contributed by atoms with E-state index in [2.05, 4.69) is 27.2 Å². The second-order valence-corrected chi connectivity index (χ2v) is 8.89. The molecule has 2 aromatic carbocycles. The van der Waals surface area contributed by atoms with Gasteiger partial charge in [-0.15, -0.1) is 0 Å². The topological polar surface area (TPSA) is 111 Å². The van der Waals surface area contributed by atoms with Gasteiger partial charge in [-0.25, -0.2) is 14.6 Å². The van der Waals surface area contributed by atoms with E-state index in [1.807, 2.05) is 41.1 Å². The molecule has 1 aliphatic heterocycles. The van der Waals surface area contributed by atoms with Gasteiger partial charge in [0.15, 0.2) is 5.65 Å². The fourth-order valence-electron chi connectivity index (χ4n) is 4.68. The smallest absolute Gasteiger partial charge is 0.255 e. The fraction of sp³-hybridized carbons (Fsp3) is 0.308. The number of nitrogens with one attached hydrogen (secondary N) is 1. The Morgan fingerprint density at radius 2 is 1.97 bits per heavy atom. The normalized spacial score (nSPS) is 16.3. The summed E-state index contributed by atoms with van der Waals surface area (Å²) in [4.78, 5) is 23.7. The van der Waals surface area contributed by atoms with E-state index in [-0.39, 0.29) is 11.9 Å². The van der Waals surface area contributed by atoms with Crippen LogP contribution in [0.15, 0.2) is 54.9 Å². The van der Waals surface area contributed by atoms with Crippen LogP contribution in [-0.2, 0) is 6.54 Å². The number of rotatable bonds is 6. The van der Waals surface area contributed by atoms with Crippen molar-refractivity contribution in [3.63, 3.8) is 0 Å². The number of nitrogens with zero attached hydrogens (tertiary/aromatic N) is 5. The van der Waals surface area contributed by atoms with Gasteiger partial charge >= 0.3 is 0 Å². The lowest BCUT2D eigenvalue weighted by molar-refractivity contribution is 0.0948. The molecule has 2 aromatic heterocycles. The second kappa shape index (κ2) is 9.71. The largest absolute Gasteiger partial charge is 0.496 e. The summed E-state index contributed by atoms with van der Waals surface area (Å²) in [6.45, 7) is 2.41. The van der Waals surface area contributed by atoms with E-state index >= 15 is 0 Å². The molecule has 0 aliphatic carbocycles. The molecule has 1 aliphatic rings. The van der Waals surface area contributed by atoms with Gasteiger partial charge in [-0.3, -0.25) is 4.79 Å². The van der Waals surface area contributed by atoms with Crippen molar-refractivity contribution in [2.24, 2.45) is 0 Å². The molecular weight excluding hydrogens is 442 g/mol. The van der Waals surface area contributed by atoms with Crippen molar-refractivity contribution in [2.75, 3.05) is 33.0 Å². The zero-order valence-corrected chi connectivity index (χ0v) is 19.9. The number of hydrogen-bond acceptors (Lipinski definition) is 7. The molecule has 35 heavy (non-hydrogen) atoms. The number of anilines is 1. The van der Waals surface area contributed by atoms with Gasteiger partial charge in [0.1, 0.15) is 23.6 Å². The van der Waals surface area contributed by atoms with Crippen molar-refractivity contribution in [1.82, 2.24) is 30.0 Å². The summed E-state index contributed by atoms with van der Waals surface area (Å²) in [5.74, 6) is 0.791. The lowest BCUT2D eigenvalue weighted by Crippen LogP contribution is -2.34. The number of aromatic nitrogens is 4. The van der Waals surface area contributed by atoms with Gasteiger partial charge in [0.25, 0.3) is 5.91 Å². The molecule has 9 nitrogen and oxygen atoms in total. The molecule has 1 fully saturated rings. The third-order valence-corrected chi connectivity index (χ3v) is 6.50. The number of para-hydroxylation sites is 1. The van der Waals surface area contributed by atoms with Gasteiger partial charge in [-0.2, -0.15) is 5.10 Å². The van der Waals surface area contributed by atoms with Crippen LogP contribution in [0.5, 0.6) is 5.75 Å². The standard InChI is InChI=1S/C26H29N7O2/c1-32-13-5-6-19(15-32)33-25-22(24(27)29-16-30-25)23(31-33)18-11-9-17(10-12-18)14-28-26(34)20-7-3-4-8-21(20)35-2/h3-4,7-12,16,19H,5-6,13-15H2,1-2H3,(H,28,34)(H2,27,29,30). The van der Waals surface area contributed by atoms with E-state index in [0.717, 1.165) is 53.8 Å². The van der Waals surface area contributed by atoms with Gasteiger partial charge in [0.2, 0.25) is 0 Å².